The Morgan fingerprint density at radius 2 is 2.00 bits per heavy atom. The molecule has 0 aromatic carbocycles. The van der Waals surface area contributed by atoms with Crippen LogP contribution in [0.2, 0.25) is 0 Å². The zero-order valence-electron chi connectivity index (χ0n) is 8.13. The second-order valence-corrected chi connectivity index (χ2v) is 5.04. The van der Waals surface area contributed by atoms with E-state index in [0.717, 1.165) is 12.8 Å². The summed E-state index contributed by atoms with van der Waals surface area (Å²) in [6.45, 7) is 6.39. The van der Waals surface area contributed by atoms with Crippen LogP contribution in [0.3, 0.4) is 0 Å². The van der Waals surface area contributed by atoms with Gasteiger partial charge in [-0.3, -0.25) is 4.79 Å². The summed E-state index contributed by atoms with van der Waals surface area (Å²) in [6.07, 6.45) is 3.49. The highest BCUT2D eigenvalue weighted by atomic mass is 16.2. The minimum absolute atomic E-state index is 0.0386. The van der Waals surface area contributed by atoms with Gasteiger partial charge in [-0.25, -0.2) is 0 Å². The fourth-order valence-electron chi connectivity index (χ4n) is 2.67. The summed E-state index contributed by atoms with van der Waals surface area (Å²) in [7, 11) is 0. The number of hydrogen-bond acceptors (Lipinski definition) is 1. The highest BCUT2D eigenvalue weighted by Crippen LogP contribution is 2.41. The van der Waals surface area contributed by atoms with Gasteiger partial charge >= 0.3 is 0 Å². The third-order valence-electron chi connectivity index (χ3n) is 3.08. The first-order chi connectivity index (χ1) is 5.50. The molecule has 2 bridgehead atoms. The lowest BCUT2D eigenvalue weighted by Gasteiger charge is -2.38. The molecule has 2 rings (SSSR count). The van der Waals surface area contributed by atoms with E-state index in [1.807, 2.05) is 0 Å². The number of amides is 1. The van der Waals surface area contributed by atoms with Gasteiger partial charge in [-0.05, 0) is 40.0 Å². The van der Waals surface area contributed by atoms with Crippen LogP contribution in [0.4, 0.5) is 0 Å². The molecule has 2 heteroatoms. The van der Waals surface area contributed by atoms with Crippen molar-refractivity contribution in [3.8, 4) is 0 Å². The number of likely N-dealkylation sites (tertiary alicyclic amines) is 1. The molecule has 1 amide bonds. The molecule has 0 spiro atoms. The van der Waals surface area contributed by atoms with Gasteiger partial charge in [0.2, 0.25) is 5.91 Å². The summed E-state index contributed by atoms with van der Waals surface area (Å²) in [4.78, 5) is 13.8. The summed E-state index contributed by atoms with van der Waals surface area (Å²) in [5.74, 6) is 0.771. The molecule has 1 aliphatic heterocycles. The van der Waals surface area contributed by atoms with E-state index in [9.17, 15) is 4.79 Å². The van der Waals surface area contributed by atoms with Crippen molar-refractivity contribution in [3.05, 3.63) is 0 Å². The fourth-order valence-corrected chi connectivity index (χ4v) is 2.67. The van der Waals surface area contributed by atoms with Crippen molar-refractivity contribution < 1.29 is 4.79 Å². The van der Waals surface area contributed by atoms with Gasteiger partial charge < -0.3 is 4.90 Å². The summed E-state index contributed by atoms with van der Waals surface area (Å²) in [5.41, 5.74) is 0.0386. The number of rotatable bonds is 0. The Morgan fingerprint density at radius 3 is 2.33 bits per heavy atom. The van der Waals surface area contributed by atoms with Crippen LogP contribution in [-0.2, 0) is 4.79 Å². The minimum atomic E-state index is 0.0386. The molecule has 2 fully saturated rings. The van der Waals surface area contributed by atoms with Crippen LogP contribution < -0.4 is 0 Å². The predicted octanol–water partition coefficient (Wildman–Crippen LogP) is 1.80. The van der Waals surface area contributed by atoms with E-state index in [1.54, 1.807) is 0 Å². The molecule has 1 aliphatic carbocycles. The molecule has 1 heterocycles. The molecule has 0 aromatic rings. The smallest absolute Gasteiger partial charge is 0.226 e. The summed E-state index contributed by atoms with van der Waals surface area (Å²) >= 11 is 0. The van der Waals surface area contributed by atoms with E-state index in [2.05, 4.69) is 25.7 Å². The molecule has 2 atom stereocenters. The van der Waals surface area contributed by atoms with E-state index in [-0.39, 0.29) is 5.54 Å². The molecular weight excluding hydrogens is 150 g/mol. The Bertz CT molecular complexity index is 216. The van der Waals surface area contributed by atoms with Crippen LogP contribution in [0.1, 0.15) is 40.0 Å². The van der Waals surface area contributed by atoms with Crippen LogP contribution >= 0.6 is 0 Å². The number of hydrogen-bond donors (Lipinski definition) is 0. The van der Waals surface area contributed by atoms with Gasteiger partial charge in [0.15, 0.2) is 0 Å². The van der Waals surface area contributed by atoms with Crippen molar-refractivity contribution in [3.63, 3.8) is 0 Å². The quantitative estimate of drug-likeness (QED) is 0.538. The van der Waals surface area contributed by atoms with Gasteiger partial charge in [-0.1, -0.05) is 0 Å². The number of carbonyl (C=O) groups is 1. The Kier molecular flexibility index (Phi) is 1.51. The molecule has 0 unspecified atom stereocenters. The van der Waals surface area contributed by atoms with Gasteiger partial charge in [-0.15, -0.1) is 0 Å². The molecule has 0 radical (unpaired) electrons. The third kappa shape index (κ3) is 0.970. The molecule has 2 nitrogen and oxygen atoms in total. The van der Waals surface area contributed by atoms with E-state index in [0.29, 0.717) is 17.9 Å². The Balaban J connectivity index is 2.23. The standard InChI is InChI=1S/C10H17NO/c1-10(2,3)11-8-5-4-7(6-8)9(11)12/h7-8H,4-6H2,1-3H3/t7-,8-/m0/s1. The van der Waals surface area contributed by atoms with Gasteiger partial charge in [0.05, 0.1) is 0 Å². The number of fused-ring (bicyclic) bond motifs is 2. The summed E-state index contributed by atoms with van der Waals surface area (Å²) in [5, 5.41) is 0. The second kappa shape index (κ2) is 2.24. The monoisotopic (exact) mass is 167 g/mol. The van der Waals surface area contributed by atoms with Crippen LogP contribution in [0.15, 0.2) is 0 Å². The molecule has 68 valence electrons. The van der Waals surface area contributed by atoms with E-state index in [4.69, 9.17) is 0 Å². The maximum atomic E-state index is 11.7. The van der Waals surface area contributed by atoms with Gasteiger partial charge in [0.1, 0.15) is 0 Å². The van der Waals surface area contributed by atoms with E-state index >= 15 is 0 Å². The first-order valence-electron chi connectivity index (χ1n) is 4.83. The summed E-state index contributed by atoms with van der Waals surface area (Å²) < 4.78 is 0. The normalized spacial score (nSPS) is 34.9. The lowest BCUT2D eigenvalue weighted by molar-refractivity contribution is -0.139. The Labute approximate surface area is 73.9 Å². The van der Waals surface area contributed by atoms with Crippen LogP contribution in [0.25, 0.3) is 0 Å². The Hall–Kier alpha value is -0.530. The first-order valence-corrected chi connectivity index (χ1v) is 4.83. The van der Waals surface area contributed by atoms with Gasteiger partial charge in [-0.2, -0.15) is 0 Å². The zero-order valence-corrected chi connectivity index (χ0v) is 8.13. The molecular formula is C10H17NO. The predicted molar refractivity (Wildman–Crippen MR) is 47.7 cm³/mol. The first kappa shape index (κ1) is 8.09. The highest BCUT2D eigenvalue weighted by molar-refractivity contribution is 5.83. The largest absolute Gasteiger partial charge is 0.335 e. The second-order valence-electron chi connectivity index (χ2n) is 5.04. The SMILES string of the molecule is CC(C)(C)N1C(=O)[C@H]2CC[C@H]1C2. The summed E-state index contributed by atoms with van der Waals surface area (Å²) in [6, 6.07) is 0.558. The third-order valence-corrected chi connectivity index (χ3v) is 3.08. The van der Waals surface area contributed by atoms with Crippen LogP contribution in [-0.4, -0.2) is 22.4 Å². The zero-order chi connectivity index (χ0) is 8.93. The number of carbonyl (C=O) groups excluding carboxylic acids is 1. The molecule has 1 saturated heterocycles. The van der Waals surface area contributed by atoms with E-state index < -0.39 is 0 Å². The lowest BCUT2D eigenvalue weighted by atomic mass is 10.0. The van der Waals surface area contributed by atoms with Crippen molar-refractivity contribution in [2.75, 3.05) is 0 Å². The maximum Gasteiger partial charge on any atom is 0.226 e. The lowest BCUT2D eigenvalue weighted by Crippen LogP contribution is -2.49. The minimum Gasteiger partial charge on any atom is -0.335 e. The van der Waals surface area contributed by atoms with Crippen molar-refractivity contribution in [1.29, 1.82) is 0 Å². The number of piperidine rings is 1. The van der Waals surface area contributed by atoms with Crippen molar-refractivity contribution in [2.45, 2.75) is 51.6 Å². The Morgan fingerprint density at radius 1 is 1.33 bits per heavy atom. The van der Waals surface area contributed by atoms with Crippen molar-refractivity contribution in [1.82, 2.24) is 4.90 Å². The van der Waals surface area contributed by atoms with Crippen molar-refractivity contribution in [2.24, 2.45) is 5.92 Å². The molecule has 12 heavy (non-hydrogen) atoms. The van der Waals surface area contributed by atoms with Gasteiger partial charge in [0, 0.05) is 17.5 Å². The average Bonchev–Trinajstić information content (AvgIpc) is 2.42. The molecule has 0 N–H and O–H groups in total. The fraction of sp³-hybridized carbons (Fsp3) is 0.900. The van der Waals surface area contributed by atoms with Crippen molar-refractivity contribution >= 4 is 5.91 Å². The van der Waals surface area contributed by atoms with Crippen LogP contribution in [0, 0.1) is 5.92 Å². The number of nitrogens with zero attached hydrogens (tertiary/aromatic N) is 1. The van der Waals surface area contributed by atoms with Gasteiger partial charge in [0.25, 0.3) is 0 Å². The molecule has 1 saturated carbocycles. The van der Waals surface area contributed by atoms with E-state index in [1.165, 1.54) is 6.42 Å². The molecule has 2 aliphatic rings. The average molecular weight is 167 g/mol. The topological polar surface area (TPSA) is 20.3 Å². The maximum absolute atomic E-state index is 11.7. The molecule has 0 aromatic heterocycles. The highest BCUT2D eigenvalue weighted by Gasteiger charge is 2.48. The van der Waals surface area contributed by atoms with Crippen LogP contribution in [0.5, 0.6) is 0 Å².